The van der Waals surface area contributed by atoms with E-state index in [-0.39, 0.29) is 23.0 Å². The summed E-state index contributed by atoms with van der Waals surface area (Å²) in [6.07, 6.45) is 2.63. The van der Waals surface area contributed by atoms with Crippen molar-refractivity contribution in [2.24, 2.45) is 0 Å². The van der Waals surface area contributed by atoms with Gasteiger partial charge in [-0.25, -0.2) is 14.4 Å². The molecule has 0 aliphatic rings. The van der Waals surface area contributed by atoms with Gasteiger partial charge in [0.1, 0.15) is 15.3 Å². The third-order valence-electron chi connectivity index (χ3n) is 5.55. The molecule has 3 heterocycles. The molecule has 3 aromatic heterocycles. The van der Waals surface area contributed by atoms with Crippen molar-refractivity contribution in [1.82, 2.24) is 14.5 Å². The summed E-state index contributed by atoms with van der Waals surface area (Å²) in [7, 11) is 0. The molecule has 0 saturated heterocycles. The highest BCUT2D eigenvalue weighted by Gasteiger charge is 2.18. The van der Waals surface area contributed by atoms with Crippen LogP contribution in [0.25, 0.3) is 20.4 Å². The van der Waals surface area contributed by atoms with Gasteiger partial charge in [-0.05, 0) is 53.9 Å². The van der Waals surface area contributed by atoms with Gasteiger partial charge in [0.25, 0.3) is 5.56 Å². The number of aryl methyl sites for hydroxylation is 1. The quantitative estimate of drug-likeness (QED) is 0.234. The predicted molar refractivity (Wildman–Crippen MR) is 140 cm³/mol. The molecule has 0 bridgehead atoms. The number of aromatic nitrogens is 3. The molecule has 0 aliphatic heterocycles. The van der Waals surface area contributed by atoms with Gasteiger partial charge in [0, 0.05) is 17.3 Å². The number of carbonyl (C=O) groups is 1. The van der Waals surface area contributed by atoms with Crippen molar-refractivity contribution in [2.75, 3.05) is 11.1 Å². The van der Waals surface area contributed by atoms with Crippen LogP contribution in [-0.2, 0) is 17.8 Å². The van der Waals surface area contributed by atoms with Crippen molar-refractivity contribution in [3.8, 4) is 0 Å². The lowest BCUT2D eigenvalue weighted by atomic mass is 10.1. The van der Waals surface area contributed by atoms with Crippen LogP contribution in [0.1, 0.15) is 18.1 Å². The molecule has 35 heavy (non-hydrogen) atoms. The van der Waals surface area contributed by atoms with Gasteiger partial charge in [-0.3, -0.25) is 14.2 Å². The molecule has 1 amide bonds. The van der Waals surface area contributed by atoms with Crippen molar-refractivity contribution in [2.45, 2.75) is 25.0 Å². The third-order valence-corrected chi connectivity index (χ3v) is 7.62. The lowest BCUT2D eigenvalue weighted by Gasteiger charge is -2.13. The minimum atomic E-state index is -0.372. The minimum Gasteiger partial charge on any atom is -0.325 e. The second-order valence-corrected chi connectivity index (χ2v) is 9.88. The normalized spacial score (nSPS) is 11.3. The van der Waals surface area contributed by atoms with Crippen molar-refractivity contribution in [3.63, 3.8) is 0 Å². The Labute approximate surface area is 208 Å². The number of rotatable bonds is 7. The molecule has 9 heteroatoms. The zero-order chi connectivity index (χ0) is 24.4. The first-order chi connectivity index (χ1) is 17.0. The molecule has 6 nitrogen and oxygen atoms in total. The number of fused-ring (bicyclic) bond motifs is 3. The largest absolute Gasteiger partial charge is 0.325 e. The summed E-state index contributed by atoms with van der Waals surface area (Å²) in [5.74, 6) is -0.597. The molecule has 0 unspecified atom stereocenters. The first kappa shape index (κ1) is 23.2. The van der Waals surface area contributed by atoms with E-state index in [2.05, 4.69) is 29.4 Å². The van der Waals surface area contributed by atoms with Gasteiger partial charge in [0.05, 0.1) is 17.8 Å². The summed E-state index contributed by atoms with van der Waals surface area (Å²) in [5, 5.41) is 4.03. The summed E-state index contributed by atoms with van der Waals surface area (Å²) >= 11 is 2.52. The standard InChI is InChI=1S/C26H21FN4O2S2/c1-2-16-5-7-17(8-6-16)14-31-25(33)23-22(20-4-3-13-28-24(20)35-23)30-26(31)34-15-21(32)29-19-11-9-18(27)10-12-19/h3-13H,2,14-15H2,1H3,(H,29,32). The summed E-state index contributed by atoms with van der Waals surface area (Å²) in [4.78, 5) is 36.1. The molecule has 2 aromatic carbocycles. The van der Waals surface area contributed by atoms with E-state index in [1.165, 1.54) is 52.9 Å². The van der Waals surface area contributed by atoms with E-state index in [0.717, 1.165) is 22.2 Å². The Balaban J connectivity index is 1.49. The van der Waals surface area contributed by atoms with Gasteiger partial charge < -0.3 is 5.32 Å². The predicted octanol–water partition coefficient (Wildman–Crippen LogP) is 5.49. The molecule has 0 atom stereocenters. The number of nitrogens with zero attached hydrogens (tertiary/aromatic N) is 3. The van der Waals surface area contributed by atoms with E-state index in [1.807, 2.05) is 24.3 Å². The smallest absolute Gasteiger partial charge is 0.272 e. The highest BCUT2D eigenvalue weighted by molar-refractivity contribution is 7.99. The van der Waals surface area contributed by atoms with Crippen LogP contribution < -0.4 is 10.9 Å². The number of hydrogen-bond acceptors (Lipinski definition) is 6. The average Bonchev–Trinajstić information content (AvgIpc) is 3.25. The van der Waals surface area contributed by atoms with Crippen LogP contribution in [0.15, 0.2) is 76.8 Å². The number of nitrogens with one attached hydrogen (secondary N) is 1. The van der Waals surface area contributed by atoms with Gasteiger partial charge in [-0.2, -0.15) is 0 Å². The average molecular weight is 505 g/mol. The number of thioether (sulfide) groups is 1. The zero-order valence-electron chi connectivity index (χ0n) is 18.8. The SMILES string of the molecule is CCc1ccc(Cn2c(SCC(=O)Nc3ccc(F)cc3)nc3c(sc4ncccc43)c2=O)cc1. The minimum absolute atomic E-state index is 0.0460. The highest BCUT2D eigenvalue weighted by atomic mass is 32.2. The molecule has 5 rings (SSSR count). The zero-order valence-corrected chi connectivity index (χ0v) is 20.5. The summed E-state index contributed by atoms with van der Waals surface area (Å²) in [5.41, 5.74) is 3.14. The molecule has 5 aromatic rings. The molecule has 0 radical (unpaired) electrons. The molecule has 176 valence electrons. The van der Waals surface area contributed by atoms with E-state index in [4.69, 9.17) is 4.98 Å². The van der Waals surface area contributed by atoms with Crippen molar-refractivity contribution in [1.29, 1.82) is 0 Å². The van der Waals surface area contributed by atoms with Crippen molar-refractivity contribution in [3.05, 3.63) is 94.2 Å². The molecular weight excluding hydrogens is 483 g/mol. The van der Waals surface area contributed by atoms with Crippen LogP contribution >= 0.6 is 23.1 Å². The van der Waals surface area contributed by atoms with E-state index < -0.39 is 0 Å². The van der Waals surface area contributed by atoms with E-state index in [1.54, 1.807) is 10.8 Å². The monoisotopic (exact) mass is 504 g/mol. The number of thiophene rings is 1. The van der Waals surface area contributed by atoms with Gasteiger partial charge in [0.2, 0.25) is 5.91 Å². The van der Waals surface area contributed by atoms with Crippen LogP contribution in [0.2, 0.25) is 0 Å². The maximum Gasteiger partial charge on any atom is 0.272 e. The molecule has 0 aliphatic carbocycles. The fourth-order valence-corrected chi connectivity index (χ4v) is 5.54. The first-order valence-electron chi connectivity index (χ1n) is 11.1. The van der Waals surface area contributed by atoms with Gasteiger partial charge in [-0.15, -0.1) is 11.3 Å². The number of anilines is 1. The lowest BCUT2D eigenvalue weighted by Crippen LogP contribution is -2.24. The fraction of sp³-hybridized carbons (Fsp3) is 0.154. The van der Waals surface area contributed by atoms with E-state index in [9.17, 15) is 14.0 Å². The van der Waals surface area contributed by atoms with E-state index in [0.29, 0.717) is 27.6 Å². The summed E-state index contributed by atoms with van der Waals surface area (Å²) in [6, 6.07) is 17.4. The topological polar surface area (TPSA) is 76.9 Å². The van der Waals surface area contributed by atoms with Crippen LogP contribution in [0, 0.1) is 5.82 Å². The number of hydrogen-bond donors (Lipinski definition) is 1. The molecule has 0 spiro atoms. The fourth-order valence-electron chi connectivity index (χ4n) is 3.71. The third kappa shape index (κ3) is 4.96. The second kappa shape index (κ2) is 9.97. The lowest BCUT2D eigenvalue weighted by molar-refractivity contribution is -0.113. The highest BCUT2D eigenvalue weighted by Crippen LogP contribution is 2.30. The Kier molecular flexibility index (Phi) is 6.61. The molecule has 0 fully saturated rings. The Morgan fingerprint density at radius 1 is 1.09 bits per heavy atom. The number of pyridine rings is 1. The van der Waals surface area contributed by atoms with Crippen LogP contribution in [0.3, 0.4) is 0 Å². The Bertz CT molecular complexity index is 1580. The number of benzene rings is 2. The number of halogens is 1. The molecular formula is C26H21FN4O2S2. The van der Waals surface area contributed by atoms with Gasteiger partial charge >= 0.3 is 0 Å². The maximum absolute atomic E-state index is 13.6. The van der Waals surface area contributed by atoms with Gasteiger partial charge in [-0.1, -0.05) is 43.0 Å². The summed E-state index contributed by atoms with van der Waals surface area (Å²) < 4.78 is 15.3. The van der Waals surface area contributed by atoms with Gasteiger partial charge in [0.15, 0.2) is 5.16 Å². The van der Waals surface area contributed by atoms with Crippen LogP contribution in [-0.4, -0.2) is 26.2 Å². The Morgan fingerprint density at radius 2 is 1.83 bits per heavy atom. The summed E-state index contributed by atoms with van der Waals surface area (Å²) in [6.45, 7) is 2.44. The maximum atomic E-state index is 13.6. The Morgan fingerprint density at radius 3 is 2.57 bits per heavy atom. The Hall–Kier alpha value is -3.56. The van der Waals surface area contributed by atoms with Crippen molar-refractivity contribution >= 4 is 55.1 Å². The van der Waals surface area contributed by atoms with E-state index >= 15 is 0 Å². The molecule has 1 N–H and O–H groups in total. The number of carbonyl (C=O) groups excluding carboxylic acids is 1. The molecule has 0 saturated carbocycles. The van der Waals surface area contributed by atoms with Crippen LogP contribution in [0.4, 0.5) is 10.1 Å². The number of amides is 1. The first-order valence-corrected chi connectivity index (χ1v) is 12.9. The van der Waals surface area contributed by atoms with Crippen LogP contribution in [0.5, 0.6) is 0 Å². The second-order valence-electron chi connectivity index (χ2n) is 7.94. The van der Waals surface area contributed by atoms with Crippen molar-refractivity contribution < 1.29 is 9.18 Å².